The van der Waals surface area contributed by atoms with E-state index in [-0.39, 0.29) is 11.9 Å². The summed E-state index contributed by atoms with van der Waals surface area (Å²) in [6, 6.07) is 14.4. The maximum atomic E-state index is 14.1. The number of rotatable bonds is 7. The van der Waals surface area contributed by atoms with E-state index in [2.05, 4.69) is 16.1 Å². The van der Waals surface area contributed by atoms with E-state index in [0.717, 1.165) is 17.9 Å². The van der Waals surface area contributed by atoms with E-state index in [1.165, 1.54) is 6.07 Å². The smallest absolute Gasteiger partial charge is 0.309 e. The number of carboxylic acids is 1. The van der Waals surface area contributed by atoms with Crippen molar-refractivity contribution in [2.24, 2.45) is 10.6 Å². The van der Waals surface area contributed by atoms with Gasteiger partial charge in [0.05, 0.1) is 18.2 Å². The van der Waals surface area contributed by atoms with E-state index in [9.17, 15) is 14.3 Å². The summed E-state index contributed by atoms with van der Waals surface area (Å²) in [6.45, 7) is 2.14. The van der Waals surface area contributed by atoms with E-state index < -0.39 is 11.4 Å². The molecule has 1 saturated heterocycles. The Morgan fingerprint density at radius 3 is 2.74 bits per heavy atom. The van der Waals surface area contributed by atoms with Crippen LogP contribution in [0, 0.1) is 11.2 Å². The van der Waals surface area contributed by atoms with E-state index in [1.54, 1.807) is 25.3 Å². The quantitative estimate of drug-likeness (QED) is 0.722. The number of hydrogen-bond donors (Lipinski definition) is 1. The zero-order valence-electron chi connectivity index (χ0n) is 17.6. The Kier molecular flexibility index (Phi) is 6.23. The number of methoxy groups -OCH3 is 1. The van der Waals surface area contributed by atoms with Gasteiger partial charge in [0, 0.05) is 24.9 Å². The van der Waals surface area contributed by atoms with Crippen LogP contribution in [0.1, 0.15) is 36.8 Å². The molecule has 2 aliphatic rings. The minimum absolute atomic E-state index is 0.343. The molecule has 1 atom stereocenters. The molecular formula is C24H27FN2O4. The number of hydrogen-bond acceptors (Lipinski definition) is 5. The number of carbonyl (C=O) groups is 1. The topological polar surface area (TPSA) is 71.4 Å². The van der Waals surface area contributed by atoms with Crippen LogP contribution in [0.5, 0.6) is 5.75 Å². The molecule has 0 aromatic heterocycles. The van der Waals surface area contributed by atoms with E-state index in [0.29, 0.717) is 50.0 Å². The molecule has 1 unspecified atom stereocenters. The molecule has 0 radical (unpaired) electrons. The van der Waals surface area contributed by atoms with Crippen molar-refractivity contribution in [2.45, 2.75) is 38.3 Å². The van der Waals surface area contributed by atoms with Gasteiger partial charge in [-0.15, -0.1) is 0 Å². The molecule has 0 saturated carbocycles. The molecule has 4 rings (SSSR count). The van der Waals surface area contributed by atoms with Crippen molar-refractivity contribution in [3.63, 3.8) is 0 Å². The summed E-state index contributed by atoms with van der Waals surface area (Å²) in [5.74, 6) is -0.320. The van der Waals surface area contributed by atoms with E-state index in [4.69, 9.17) is 9.57 Å². The number of carboxylic acid groups (broad SMARTS) is 1. The zero-order valence-corrected chi connectivity index (χ0v) is 17.6. The second-order valence-corrected chi connectivity index (χ2v) is 8.37. The van der Waals surface area contributed by atoms with Gasteiger partial charge in [-0.2, -0.15) is 0 Å². The van der Waals surface area contributed by atoms with E-state index >= 15 is 0 Å². The van der Waals surface area contributed by atoms with Crippen molar-refractivity contribution in [3.8, 4) is 5.75 Å². The highest BCUT2D eigenvalue weighted by Gasteiger charge is 2.45. The molecule has 7 heteroatoms. The average Bonchev–Trinajstić information content (AvgIpc) is 3.23. The highest BCUT2D eigenvalue weighted by Crippen LogP contribution is 2.39. The summed E-state index contributed by atoms with van der Waals surface area (Å²) < 4.78 is 19.3. The van der Waals surface area contributed by atoms with Crippen molar-refractivity contribution in [2.75, 3.05) is 20.2 Å². The summed E-state index contributed by atoms with van der Waals surface area (Å²) in [5, 5.41) is 14.1. The molecule has 0 aliphatic carbocycles. The second kappa shape index (κ2) is 9.06. The van der Waals surface area contributed by atoms with Crippen LogP contribution in [0.4, 0.5) is 4.39 Å². The van der Waals surface area contributed by atoms with Gasteiger partial charge in [0.1, 0.15) is 17.7 Å². The van der Waals surface area contributed by atoms with Crippen LogP contribution < -0.4 is 4.74 Å². The number of nitrogens with zero attached hydrogens (tertiary/aromatic N) is 2. The fraction of sp³-hybridized carbons (Fsp3) is 0.417. The highest BCUT2D eigenvalue weighted by atomic mass is 19.1. The normalized spacial score (nSPS) is 20.7. The van der Waals surface area contributed by atoms with Crippen LogP contribution >= 0.6 is 0 Å². The van der Waals surface area contributed by atoms with Crippen molar-refractivity contribution in [1.82, 2.24) is 4.90 Å². The van der Waals surface area contributed by atoms with Crippen LogP contribution in [-0.2, 0) is 16.2 Å². The van der Waals surface area contributed by atoms with Crippen LogP contribution in [0.2, 0.25) is 0 Å². The van der Waals surface area contributed by atoms with Crippen molar-refractivity contribution >= 4 is 11.7 Å². The third-order valence-corrected chi connectivity index (χ3v) is 6.34. The highest BCUT2D eigenvalue weighted by molar-refractivity contribution is 6.01. The van der Waals surface area contributed by atoms with Crippen LogP contribution in [-0.4, -0.2) is 48.0 Å². The Balaban J connectivity index is 1.36. The van der Waals surface area contributed by atoms with Gasteiger partial charge in [-0.25, -0.2) is 4.39 Å². The third-order valence-electron chi connectivity index (χ3n) is 6.34. The first-order chi connectivity index (χ1) is 15.0. The first kappa shape index (κ1) is 21.3. The molecule has 1 fully saturated rings. The number of likely N-dealkylation sites (tertiary alicyclic amines) is 1. The molecule has 1 N–H and O–H groups in total. The molecule has 2 heterocycles. The van der Waals surface area contributed by atoms with Crippen molar-refractivity contribution < 1.29 is 23.9 Å². The van der Waals surface area contributed by atoms with Crippen molar-refractivity contribution in [3.05, 3.63) is 65.5 Å². The maximum absolute atomic E-state index is 14.1. The molecular weight excluding hydrogens is 399 g/mol. The lowest BCUT2D eigenvalue weighted by molar-refractivity contribution is -0.155. The number of piperidine rings is 1. The molecule has 0 amide bonds. The van der Waals surface area contributed by atoms with Gasteiger partial charge in [0.15, 0.2) is 0 Å². The monoisotopic (exact) mass is 426 g/mol. The lowest BCUT2D eigenvalue weighted by Gasteiger charge is -2.39. The number of aliphatic carboxylic acids is 1. The van der Waals surface area contributed by atoms with Crippen LogP contribution in [0.3, 0.4) is 0 Å². The van der Waals surface area contributed by atoms with Gasteiger partial charge in [-0.1, -0.05) is 35.5 Å². The lowest BCUT2D eigenvalue weighted by atomic mass is 9.73. The molecule has 2 aromatic rings. The first-order valence-electron chi connectivity index (χ1n) is 10.6. The van der Waals surface area contributed by atoms with Gasteiger partial charge < -0.3 is 14.7 Å². The fourth-order valence-corrected chi connectivity index (χ4v) is 4.50. The minimum atomic E-state index is -0.851. The largest absolute Gasteiger partial charge is 0.497 e. The molecule has 0 bridgehead atoms. The molecule has 0 spiro atoms. The standard InChI is InChI=1S/C24H27FN2O4/c1-30-18-6-4-5-17(13-18)16-27-11-9-24(10-12-27,23(28)29)15-19-14-22(26-31-19)20-7-2-3-8-21(20)25/h2-8,13,19H,9-12,14-16H2,1H3,(H,28,29). The van der Waals surface area contributed by atoms with Gasteiger partial charge in [0.25, 0.3) is 0 Å². The predicted molar refractivity (Wildman–Crippen MR) is 115 cm³/mol. The fourth-order valence-electron chi connectivity index (χ4n) is 4.50. The van der Waals surface area contributed by atoms with Crippen molar-refractivity contribution in [1.29, 1.82) is 0 Å². The van der Waals surface area contributed by atoms with Gasteiger partial charge in [-0.05, 0) is 49.7 Å². The Bertz CT molecular complexity index is 970. The lowest BCUT2D eigenvalue weighted by Crippen LogP contribution is -2.45. The van der Waals surface area contributed by atoms with Gasteiger partial charge in [0.2, 0.25) is 0 Å². The summed E-state index contributed by atoms with van der Waals surface area (Å²) in [7, 11) is 1.65. The van der Waals surface area contributed by atoms with Gasteiger partial charge >= 0.3 is 5.97 Å². The number of oxime groups is 1. The van der Waals surface area contributed by atoms with Crippen LogP contribution in [0.25, 0.3) is 0 Å². The van der Waals surface area contributed by atoms with E-state index in [1.807, 2.05) is 18.2 Å². The maximum Gasteiger partial charge on any atom is 0.309 e. The molecule has 164 valence electrons. The summed E-state index contributed by atoms with van der Waals surface area (Å²) in [5.41, 5.74) is 1.25. The Labute approximate surface area is 181 Å². The second-order valence-electron chi connectivity index (χ2n) is 8.37. The number of halogens is 1. The predicted octanol–water partition coefficient (Wildman–Crippen LogP) is 4.08. The Morgan fingerprint density at radius 2 is 2.03 bits per heavy atom. The molecule has 2 aliphatic heterocycles. The Morgan fingerprint density at radius 1 is 1.26 bits per heavy atom. The summed E-state index contributed by atoms with van der Waals surface area (Å²) >= 11 is 0. The minimum Gasteiger partial charge on any atom is -0.497 e. The SMILES string of the molecule is COc1cccc(CN2CCC(CC3CC(c4ccccc4F)=NO3)(C(=O)O)CC2)c1. The summed E-state index contributed by atoms with van der Waals surface area (Å²) in [6.07, 6.45) is 1.53. The zero-order chi connectivity index (χ0) is 21.8. The number of benzene rings is 2. The first-order valence-corrected chi connectivity index (χ1v) is 10.6. The average molecular weight is 426 g/mol. The molecule has 2 aromatic carbocycles. The van der Waals surface area contributed by atoms with Crippen LogP contribution in [0.15, 0.2) is 53.7 Å². The Hall–Kier alpha value is -2.93. The third kappa shape index (κ3) is 4.71. The van der Waals surface area contributed by atoms with Gasteiger partial charge in [-0.3, -0.25) is 9.69 Å². The molecule has 6 nitrogen and oxygen atoms in total. The number of ether oxygens (including phenoxy) is 1. The summed E-state index contributed by atoms with van der Waals surface area (Å²) in [4.78, 5) is 20.0. The molecule has 31 heavy (non-hydrogen) atoms.